The van der Waals surface area contributed by atoms with Gasteiger partial charge in [-0.05, 0) is 36.4 Å². The molecule has 1 aliphatic heterocycles. The number of nitrogens with one attached hydrogen (secondary N) is 2. The molecule has 126 valence electrons. The van der Waals surface area contributed by atoms with Gasteiger partial charge < -0.3 is 10.3 Å². The summed E-state index contributed by atoms with van der Waals surface area (Å²) in [5.74, 6) is -0.285. The van der Waals surface area contributed by atoms with Crippen LogP contribution in [0.5, 0.6) is 0 Å². The molecule has 3 heterocycles. The predicted molar refractivity (Wildman–Crippen MR) is 95.2 cm³/mol. The van der Waals surface area contributed by atoms with E-state index in [1.54, 1.807) is 18.3 Å². The van der Waals surface area contributed by atoms with E-state index in [0.29, 0.717) is 17.8 Å². The normalized spacial score (nSPS) is 16.4. The Morgan fingerprint density at radius 2 is 2.04 bits per heavy atom. The van der Waals surface area contributed by atoms with Crippen LogP contribution in [0.25, 0.3) is 22.5 Å². The van der Waals surface area contributed by atoms with Crippen molar-refractivity contribution in [2.24, 2.45) is 0 Å². The fourth-order valence-corrected chi connectivity index (χ4v) is 3.24. The van der Waals surface area contributed by atoms with Crippen LogP contribution >= 0.6 is 11.6 Å². The summed E-state index contributed by atoms with van der Waals surface area (Å²) in [6, 6.07) is 10.1. The molecular formula is C19H15ClFN3O. The summed E-state index contributed by atoms with van der Waals surface area (Å²) in [7, 11) is 0. The van der Waals surface area contributed by atoms with Gasteiger partial charge in [-0.2, -0.15) is 0 Å². The van der Waals surface area contributed by atoms with Crippen molar-refractivity contribution >= 4 is 17.5 Å². The first-order chi connectivity index (χ1) is 12.0. The molecule has 6 heteroatoms. The second-order valence-electron chi connectivity index (χ2n) is 6.18. The predicted octanol–water partition coefficient (Wildman–Crippen LogP) is 4.38. The van der Waals surface area contributed by atoms with Crippen LogP contribution in [0, 0.1) is 5.82 Å². The van der Waals surface area contributed by atoms with E-state index in [1.165, 1.54) is 6.07 Å². The average molecular weight is 356 g/mol. The molecule has 0 bridgehead atoms. The number of hydrogen-bond acceptors (Lipinski definition) is 2. The minimum Gasteiger partial charge on any atom is -0.357 e. The number of hydrogen-bond donors (Lipinski definition) is 2. The number of amides is 1. The Morgan fingerprint density at radius 1 is 1.20 bits per heavy atom. The van der Waals surface area contributed by atoms with Crippen LogP contribution in [0.3, 0.4) is 0 Å². The molecular weight excluding hydrogens is 341 g/mol. The third kappa shape index (κ3) is 2.81. The number of carbonyl (C=O) groups is 1. The number of aromatic amines is 1. The number of carbonyl (C=O) groups excluding carboxylic acids is 1. The van der Waals surface area contributed by atoms with Crippen LogP contribution in [0.2, 0.25) is 5.02 Å². The highest BCUT2D eigenvalue weighted by atomic mass is 35.5. The van der Waals surface area contributed by atoms with Crippen LogP contribution in [-0.4, -0.2) is 22.4 Å². The summed E-state index contributed by atoms with van der Waals surface area (Å²) >= 11 is 5.87. The van der Waals surface area contributed by atoms with Crippen LogP contribution in [-0.2, 0) is 0 Å². The molecule has 3 aromatic rings. The van der Waals surface area contributed by atoms with Gasteiger partial charge in [0.1, 0.15) is 5.82 Å². The lowest BCUT2D eigenvalue weighted by Gasteiger charge is -2.18. The van der Waals surface area contributed by atoms with Gasteiger partial charge in [0, 0.05) is 41.2 Å². The Morgan fingerprint density at radius 3 is 2.80 bits per heavy atom. The number of pyridine rings is 1. The Kier molecular flexibility index (Phi) is 3.81. The number of rotatable bonds is 2. The molecule has 1 aromatic carbocycles. The summed E-state index contributed by atoms with van der Waals surface area (Å²) in [6.07, 6.45) is 1.69. The van der Waals surface area contributed by atoms with Gasteiger partial charge in [0.05, 0.1) is 16.3 Å². The molecule has 2 aromatic heterocycles. The molecule has 0 saturated carbocycles. The van der Waals surface area contributed by atoms with Crippen molar-refractivity contribution in [2.45, 2.75) is 12.8 Å². The topological polar surface area (TPSA) is 57.8 Å². The first kappa shape index (κ1) is 15.8. The third-order valence-electron chi connectivity index (χ3n) is 4.44. The average Bonchev–Trinajstić information content (AvgIpc) is 3.08. The van der Waals surface area contributed by atoms with Crippen molar-refractivity contribution in [2.75, 3.05) is 6.54 Å². The lowest BCUT2D eigenvalue weighted by molar-refractivity contribution is 0.0941. The monoisotopic (exact) mass is 355 g/mol. The highest BCUT2D eigenvalue weighted by molar-refractivity contribution is 6.31. The summed E-state index contributed by atoms with van der Waals surface area (Å²) in [4.78, 5) is 19.7. The maximum absolute atomic E-state index is 13.4. The van der Waals surface area contributed by atoms with Gasteiger partial charge in [0.2, 0.25) is 0 Å². The van der Waals surface area contributed by atoms with Crippen LogP contribution in [0.15, 0.2) is 42.6 Å². The minimum atomic E-state index is -0.460. The van der Waals surface area contributed by atoms with Crippen molar-refractivity contribution in [3.8, 4) is 22.5 Å². The smallest absolute Gasteiger partial charge is 0.253 e. The van der Waals surface area contributed by atoms with Crippen molar-refractivity contribution in [3.05, 3.63) is 64.7 Å². The van der Waals surface area contributed by atoms with Crippen molar-refractivity contribution in [1.29, 1.82) is 0 Å². The van der Waals surface area contributed by atoms with Gasteiger partial charge in [0.15, 0.2) is 0 Å². The molecule has 0 spiro atoms. The summed E-state index contributed by atoms with van der Waals surface area (Å²) in [5, 5.41) is 2.94. The fourth-order valence-electron chi connectivity index (χ4n) is 3.06. The third-order valence-corrected chi connectivity index (χ3v) is 4.73. The van der Waals surface area contributed by atoms with E-state index in [2.05, 4.69) is 22.2 Å². The zero-order valence-electron chi connectivity index (χ0n) is 13.4. The Balaban J connectivity index is 1.76. The Labute approximate surface area is 149 Å². The Bertz CT molecular complexity index is 983. The quantitative estimate of drug-likeness (QED) is 0.716. The highest BCUT2D eigenvalue weighted by Gasteiger charge is 2.25. The second kappa shape index (κ2) is 6.01. The van der Waals surface area contributed by atoms with E-state index >= 15 is 0 Å². The zero-order chi connectivity index (χ0) is 17.6. The minimum absolute atomic E-state index is 0.0600. The molecule has 1 amide bonds. The number of fused-ring (bicyclic) bond motifs is 1. The van der Waals surface area contributed by atoms with E-state index in [4.69, 9.17) is 11.6 Å². The number of aromatic nitrogens is 2. The van der Waals surface area contributed by atoms with Gasteiger partial charge in [-0.1, -0.05) is 18.5 Å². The summed E-state index contributed by atoms with van der Waals surface area (Å²) < 4.78 is 13.4. The van der Waals surface area contributed by atoms with Gasteiger partial charge in [-0.25, -0.2) is 4.39 Å². The first-order valence-electron chi connectivity index (χ1n) is 7.96. The molecule has 1 atom stereocenters. The molecule has 25 heavy (non-hydrogen) atoms. The van der Waals surface area contributed by atoms with Crippen LogP contribution < -0.4 is 5.32 Å². The molecule has 0 radical (unpaired) electrons. The number of benzene rings is 1. The van der Waals surface area contributed by atoms with E-state index in [0.717, 1.165) is 22.5 Å². The van der Waals surface area contributed by atoms with Crippen molar-refractivity contribution in [3.63, 3.8) is 0 Å². The van der Waals surface area contributed by atoms with Gasteiger partial charge in [-0.15, -0.1) is 0 Å². The SMILES string of the molecule is CC1CNC(=O)c2cc(-c3ccnc(-c4ccc(F)c(Cl)c4)c3)[nH]c21. The van der Waals surface area contributed by atoms with Gasteiger partial charge in [0.25, 0.3) is 5.91 Å². The molecule has 4 rings (SSSR count). The lowest BCUT2D eigenvalue weighted by Crippen LogP contribution is -2.33. The van der Waals surface area contributed by atoms with E-state index in [1.807, 2.05) is 18.2 Å². The first-order valence-corrected chi connectivity index (χ1v) is 8.33. The molecule has 4 nitrogen and oxygen atoms in total. The van der Waals surface area contributed by atoms with Crippen LogP contribution in [0.1, 0.15) is 28.9 Å². The number of halogens is 2. The molecule has 0 aliphatic carbocycles. The zero-order valence-corrected chi connectivity index (χ0v) is 14.2. The maximum atomic E-state index is 13.4. The molecule has 0 saturated heterocycles. The van der Waals surface area contributed by atoms with E-state index in [9.17, 15) is 9.18 Å². The van der Waals surface area contributed by atoms with E-state index in [-0.39, 0.29) is 16.8 Å². The molecule has 1 unspecified atom stereocenters. The Hall–Kier alpha value is -2.66. The van der Waals surface area contributed by atoms with Gasteiger partial charge in [-0.3, -0.25) is 9.78 Å². The number of nitrogens with zero attached hydrogens (tertiary/aromatic N) is 1. The largest absolute Gasteiger partial charge is 0.357 e. The lowest BCUT2D eigenvalue weighted by atomic mass is 9.99. The highest BCUT2D eigenvalue weighted by Crippen LogP contribution is 2.31. The number of H-pyrrole nitrogens is 1. The summed E-state index contributed by atoms with van der Waals surface area (Å²) in [5.41, 5.74) is 4.80. The van der Waals surface area contributed by atoms with E-state index < -0.39 is 5.82 Å². The summed E-state index contributed by atoms with van der Waals surface area (Å²) in [6.45, 7) is 2.69. The molecule has 1 aliphatic rings. The van der Waals surface area contributed by atoms with Gasteiger partial charge >= 0.3 is 0 Å². The fraction of sp³-hybridized carbons (Fsp3) is 0.158. The van der Waals surface area contributed by atoms with Crippen molar-refractivity contribution < 1.29 is 9.18 Å². The standard InChI is InChI=1S/C19H15ClFN3O/c1-10-9-23-19(25)13-8-17(24-18(10)13)12-4-5-22-16(7-12)11-2-3-15(21)14(20)6-11/h2-8,10,24H,9H2,1H3,(H,23,25). The molecule has 0 fully saturated rings. The van der Waals surface area contributed by atoms with Crippen molar-refractivity contribution in [1.82, 2.24) is 15.3 Å². The maximum Gasteiger partial charge on any atom is 0.253 e. The second-order valence-corrected chi connectivity index (χ2v) is 6.59. The van der Waals surface area contributed by atoms with Crippen LogP contribution in [0.4, 0.5) is 4.39 Å². The molecule has 2 N–H and O–H groups in total.